The van der Waals surface area contributed by atoms with E-state index in [0.717, 1.165) is 37.5 Å². The van der Waals surface area contributed by atoms with Crippen LogP contribution in [0.1, 0.15) is 30.6 Å². The van der Waals surface area contributed by atoms with Crippen molar-refractivity contribution < 1.29 is 14.3 Å². The fraction of sp³-hybridized carbons (Fsp3) is 0.500. The maximum atomic E-state index is 15.2. The van der Waals surface area contributed by atoms with Crippen LogP contribution < -0.4 is 15.6 Å². The Balaban J connectivity index is 1.86. The van der Waals surface area contributed by atoms with Crippen LogP contribution in [0.3, 0.4) is 0 Å². The third-order valence-corrected chi connectivity index (χ3v) is 6.71. The molecule has 2 aliphatic heterocycles. The molecule has 2 atom stereocenters. The van der Waals surface area contributed by atoms with Gasteiger partial charge in [-0.15, -0.1) is 11.8 Å². The van der Waals surface area contributed by atoms with Crippen molar-refractivity contribution in [1.82, 2.24) is 9.88 Å². The molecular formula is C20H24FN3O3S. The van der Waals surface area contributed by atoms with Crippen LogP contribution >= 0.6 is 11.8 Å². The van der Waals surface area contributed by atoms with Gasteiger partial charge in [-0.25, -0.2) is 9.18 Å². The Labute approximate surface area is 166 Å². The summed E-state index contributed by atoms with van der Waals surface area (Å²) >= 11 is 1.57. The van der Waals surface area contributed by atoms with Crippen LogP contribution in [-0.2, 0) is 6.54 Å². The van der Waals surface area contributed by atoms with Crippen LogP contribution in [0.15, 0.2) is 22.0 Å². The molecule has 0 bridgehead atoms. The first-order valence-corrected chi connectivity index (χ1v) is 10.5. The largest absolute Gasteiger partial charge is 0.477 e. The van der Waals surface area contributed by atoms with E-state index in [1.807, 2.05) is 11.5 Å². The number of halogens is 1. The molecule has 2 aromatic rings. The number of benzene rings is 1. The number of carboxylic acid groups (broad SMARTS) is 1. The monoisotopic (exact) mass is 405 g/mol. The average Bonchev–Trinajstić information content (AvgIpc) is 3.10. The molecule has 28 heavy (non-hydrogen) atoms. The highest BCUT2D eigenvalue weighted by atomic mass is 32.2. The summed E-state index contributed by atoms with van der Waals surface area (Å²) in [6, 6.07) is 1.23. The van der Waals surface area contributed by atoms with Crippen molar-refractivity contribution in [3.05, 3.63) is 33.9 Å². The molecule has 2 N–H and O–H groups in total. The molecular weight excluding hydrogens is 381 g/mol. The summed E-state index contributed by atoms with van der Waals surface area (Å²) in [5, 5.41) is 13.0. The fourth-order valence-electron chi connectivity index (χ4n) is 4.26. The predicted octanol–water partition coefficient (Wildman–Crippen LogP) is 2.77. The van der Waals surface area contributed by atoms with E-state index in [-0.39, 0.29) is 16.2 Å². The third kappa shape index (κ3) is 3.18. The van der Waals surface area contributed by atoms with Gasteiger partial charge in [0, 0.05) is 31.1 Å². The van der Waals surface area contributed by atoms with Crippen LogP contribution in [-0.4, -0.2) is 47.1 Å². The minimum Gasteiger partial charge on any atom is -0.477 e. The van der Waals surface area contributed by atoms with E-state index in [1.165, 1.54) is 12.3 Å². The van der Waals surface area contributed by atoms with Gasteiger partial charge in [-0.1, -0.05) is 13.8 Å². The van der Waals surface area contributed by atoms with Crippen LogP contribution in [0.4, 0.5) is 10.1 Å². The lowest BCUT2D eigenvalue weighted by Gasteiger charge is -2.30. The molecule has 3 heterocycles. The summed E-state index contributed by atoms with van der Waals surface area (Å²) in [6.45, 7) is 8.06. The van der Waals surface area contributed by atoms with E-state index in [0.29, 0.717) is 23.7 Å². The van der Waals surface area contributed by atoms with Crippen molar-refractivity contribution in [2.24, 2.45) is 5.92 Å². The molecule has 0 aliphatic carbocycles. The van der Waals surface area contributed by atoms with E-state index in [9.17, 15) is 14.7 Å². The number of pyridine rings is 1. The molecule has 0 radical (unpaired) electrons. The first-order valence-electron chi connectivity index (χ1n) is 9.66. The van der Waals surface area contributed by atoms with Crippen molar-refractivity contribution in [3.63, 3.8) is 0 Å². The molecule has 2 unspecified atom stereocenters. The zero-order valence-electron chi connectivity index (χ0n) is 16.0. The Hall–Kier alpha value is -2.06. The highest BCUT2D eigenvalue weighted by molar-refractivity contribution is 8.00. The number of thioether (sulfide) groups is 1. The Morgan fingerprint density at radius 1 is 1.43 bits per heavy atom. The predicted molar refractivity (Wildman–Crippen MR) is 109 cm³/mol. The van der Waals surface area contributed by atoms with Gasteiger partial charge in [-0.2, -0.15) is 0 Å². The van der Waals surface area contributed by atoms with Gasteiger partial charge in [0.2, 0.25) is 5.43 Å². The lowest BCUT2D eigenvalue weighted by molar-refractivity contribution is 0.0694. The molecule has 1 aromatic heterocycles. The molecule has 4 rings (SSSR count). The molecule has 1 saturated heterocycles. The molecule has 0 saturated carbocycles. The standard InChI is InChI=1S/C20H24FN3O3S/c1-3-22-7-12-4-5-23(9-12)17-15(21)6-13-16-19(17)28-11(2)8-24(16)10-14(18(13)25)20(26)27/h6,10-12,22H,3-5,7-9H2,1-2H3,(H,26,27). The van der Waals surface area contributed by atoms with Gasteiger partial charge in [0.15, 0.2) is 0 Å². The zero-order chi connectivity index (χ0) is 20.0. The van der Waals surface area contributed by atoms with Gasteiger partial charge in [-0.05, 0) is 31.5 Å². The topological polar surface area (TPSA) is 74.6 Å². The molecule has 150 valence electrons. The normalized spacial score (nSPS) is 21.5. The van der Waals surface area contributed by atoms with E-state index >= 15 is 4.39 Å². The van der Waals surface area contributed by atoms with E-state index < -0.39 is 17.2 Å². The zero-order valence-corrected chi connectivity index (χ0v) is 16.8. The van der Waals surface area contributed by atoms with Crippen molar-refractivity contribution in [2.75, 3.05) is 31.1 Å². The Kier molecular flexibility index (Phi) is 5.09. The Bertz CT molecular complexity index is 1010. The lowest BCUT2D eigenvalue weighted by Crippen LogP contribution is -2.29. The van der Waals surface area contributed by atoms with Gasteiger partial charge in [0.05, 0.1) is 21.5 Å². The van der Waals surface area contributed by atoms with Gasteiger partial charge in [0.25, 0.3) is 0 Å². The maximum absolute atomic E-state index is 15.2. The molecule has 6 nitrogen and oxygen atoms in total. The smallest absolute Gasteiger partial charge is 0.341 e. The SMILES string of the molecule is CCNCC1CCN(c2c(F)cc3c(=O)c(C(=O)O)cn4c3c2SC(C)C4)C1. The van der Waals surface area contributed by atoms with E-state index in [2.05, 4.69) is 17.1 Å². The molecule has 1 fully saturated rings. The summed E-state index contributed by atoms with van der Waals surface area (Å²) < 4.78 is 17.0. The number of carboxylic acids is 1. The second-order valence-electron chi connectivity index (χ2n) is 7.60. The number of anilines is 1. The number of rotatable bonds is 5. The molecule has 1 aromatic carbocycles. The average molecular weight is 405 g/mol. The molecule has 0 spiro atoms. The minimum absolute atomic E-state index is 0.152. The summed E-state index contributed by atoms with van der Waals surface area (Å²) in [5.74, 6) is -1.26. The second kappa shape index (κ2) is 7.40. The Morgan fingerprint density at radius 2 is 2.21 bits per heavy atom. The van der Waals surface area contributed by atoms with Crippen LogP contribution in [0.2, 0.25) is 0 Å². The quantitative estimate of drug-likeness (QED) is 0.797. The van der Waals surface area contributed by atoms with Crippen molar-refractivity contribution in [1.29, 1.82) is 0 Å². The van der Waals surface area contributed by atoms with Gasteiger partial charge >= 0.3 is 5.97 Å². The number of hydrogen-bond acceptors (Lipinski definition) is 5. The first kappa shape index (κ1) is 19.3. The summed E-state index contributed by atoms with van der Waals surface area (Å²) in [4.78, 5) is 27.0. The lowest BCUT2D eigenvalue weighted by atomic mass is 10.1. The number of aromatic nitrogens is 1. The van der Waals surface area contributed by atoms with Crippen LogP contribution in [0.5, 0.6) is 0 Å². The fourth-order valence-corrected chi connectivity index (χ4v) is 5.57. The van der Waals surface area contributed by atoms with Gasteiger partial charge in [-0.3, -0.25) is 4.79 Å². The summed E-state index contributed by atoms with van der Waals surface area (Å²) in [5.41, 5.74) is 0.285. The molecule has 2 aliphatic rings. The second-order valence-corrected chi connectivity index (χ2v) is 9.05. The van der Waals surface area contributed by atoms with Gasteiger partial charge < -0.3 is 19.9 Å². The van der Waals surface area contributed by atoms with Crippen molar-refractivity contribution in [3.8, 4) is 0 Å². The number of nitrogens with zero attached hydrogens (tertiary/aromatic N) is 2. The van der Waals surface area contributed by atoms with Crippen LogP contribution in [0.25, 0.3) is 10.9 Å². The highest BCUT2D eigenvalue weighted by Crippen LogP contribution is 2.44. The molecule has 8 heteroatoms. The minimum atomic E-state index is -1.28. The molecule has 0 amide bonds. The van der Waals surface area contributed by atoms with Gasteiger partial charge in [0.1, 0.15) is 11.4 Å². The van der Waals surface area contributed by atoms with Crippen LogP contribution in [0, 0.1) is 11.7 Å². The van der Waals surface area contributed by atoms with E-state index in [4.69, 9.17) is 0 Å². The number of carbonyl (C=O) groups is 1. The summed E-state index contributed by atoms with van der Waals surface area (Å²) in [7, 11) is 0. The first-order chi connectivity index (χ1) is 13.4. The highest BCUT2D eigenvalue weighted by Gasteiger charge is 2.32. The third-order valence-electron chi connectivity index (χ3n) is 5.53. The number of hydrogen-bond donors (Lipinski definition) is 2. The Morgan fingerprint density at radius 3 is 2.93 bits per heavy atom. The van der Waals surface area contributed by atoms with Crippen molar-refractivity contribution >= 4 is 34.3 Å². The maximum Gasteiger partial charge on any atom is 0.341 e. The van der Waals surface area contributed by atoms with E-state index in [1.54, 1.807) is 11.8 Å². The van der Waals surface area contributed by atoms with Crippen molar-refractivity contribution in [2.45, 2.75) is 37.0 Å². The number of nitrogens with one attached hydrogen (secondary N) is 1. The number of aromatic carboxylic acids is 1. The summed E-state index contributed by atoms with van der Waals surface area (Å²) in [6.07, 6.45) is 2.40.